The van der Waals surface area contributed by atoms with Gasteiger partial charge in [-0.1, -0.05) is 30.3 Å². The molecule has 1 fully saturated rings. The van der Waals surface area contributed by atoms with Crippen LogP contribution in [0.5, 0.6) is 0 Å². The second-order valence-corrected chi connectivity index (χ2v) is 5.34. The number of nitrogens with zero attached hydrogens (tertiary/aromatic N) is 3. The minimum Gasteiger partial charge on any atom is -0.462 e. The Balaban J connectivity index is 1.67. The molecule has 0 amide bonds. The summed E-state index contributed by atoms with van der Waals surface area (Å²) >= 11 is 0. The number of aromatic nitrogens is 2. The van der Waals surface area contributed by atoms with Crippen molar-refractivity contribution in [2.24, 2.45) is 0 Å². The van der Waals surface area contributed by atoms with Gasteiger partial charge in [-0.15, -0.1) is 0 Å². The molecule has 0 aliphatic carbocycles. The summed E-state index contributed by atoms with van der Waals surface area (Å²) in [5.41, 5.74) is 7.12. The van der Waals surface area contributed by atoms with Crippen LogP contribution in [-0.2, 0) is 11.3 Å². The van der Waals surface area contributed by atoms with Gasteiger partial charge in [-0.2, -0.15) is 9.78 Å². The number of hydrogen-bond donors (Lipinski definition) is 1. The van der Waals surface area contributed by atoms with E-state index in [4.69, 9.17) is 10.5 Å². The molecule has 7 nitrogen and oxygen atoms in total. The molecule has 0 spiro atoms. The van der Waals surface area contributed by atoms with E-state index in [0.717, 1.165) is 10.2 Å². The number of anilines is 1. The highest BCUT2D eigenvalue weighted by molar-refractivity contribution is 5.97. The smallest absolute Gasteiger partial charge is 0.343 e. The fraction of sp³-hybridized carbons (Fsp3) is 0.312. The molecule has 1 aromatic carbocycles. The maximum Gasteiger partial charge on any atom is 0.343 e. The summed E-state index contributed by atoms with van der Waals surface area (Å²) in [6.07, 6.45) is 1.27. The molecule has 1 aliphatic rings. The number of benzene rings is 1. The Labute approximate surface area is 133 Å². The fourth-order valence-corrected chi connectivity index (χ4v) is 2.44. The number of esters is 1. The molecule has 0 saturated carbocycles. The summed E-state index contributed by atoms with van der Waals surface area (Å²) in [5.74, 6) is -0.769. The van der Waals surface area contributed by atoms with Crippen molar-refractivity contribution < 1.29 is 14.3 Å². The fourth-order valence-electron chi connectivity index (χ4n) is 2.44. The summed E-state index contributed by atoms with van der Waals surface area (Å²) in [6.45, 7) is 3.30. The molecule has 2 N–H and O–H groups in total. The minimum atomic E-state index is -0.569. The second kappa shape index (κ2) is 6.21. The van der Waals surface area contributed by atoms with E-state index >= 15 is 0 Å². The maximum atomic E-state index is 12.4. The van der Waals surface area contributed by atoms with Crippen LogP contribution >= 0.6 is 0 Å². The Bertz CT molecular complexity index is 726. The van der Waals surface area contributed by atoms with Crippen LogP contribution in [0.15, 0.2) is 36.5 Å². The molecule has 1 aromatic heterocycles. The molecule has 23 heavy (non-hydrogen) atoms. The van der Waals surface area contributed by atoms with Crippen LogP contribution < -0.4 is 5.73 Å². The van der Waals surface area contributed by atoms with Gasteiger partial charge < -0.3 is 10.5 Å². The zero-order valence-corrected chi connectivity index (χ0v) is 12.8. The van der Waals surface area contributed by atoms with Crippen molar-refractivity contribution >= 4 is 17.7 Å². The SMILES string of the molecule is CCOC(=O)c1cnn(C(=O)C2CN2Cc2ccccc2)c1N. The lowest BCUT2D eigenvalue weighted by atomic mass is 10.2. The number of carbonyl (C=O) groups is 2. The van der Waals surface area contributed by atoms with E-state index in [1.54, 1.807) is 6.92 Å². The van der Waals surface area contributed by atoms with Crippen molar-refractivity contribution in [3.05, 3.63) is 47.7 Å². The van der Waals surface area contributed by atoms with Crippen molar-refractivity contribution in [2.45, 2.75) is 19.5 Å². The monoisotopic (exact) mass is 314 g/mol. The first-order chi connectivity index (χ1) is 11.1. The maximum absolute atomic E-state index is 12.4. The topological polar surface area (TPSA) is 90.2 Å². The molecule has 1 saturated heterocycles. The predicted octanol–water partition coefficient (Wildman–Crippen LogP) is 1.17. The molecular formula is C16H18N4O3. The third-order valence-corrected chi connectivity index (χ3v) is 3.74. The van der Waals surface area contributed by atoms with Gasteiger partial charge >= 0.3 is 5.97 Å². The summed E-state index contributed by atoms with van der Waals surface area (Å²) in [6, 6.07) is 9.66. The van der Waals surface area contributed by atoms with Crippen molar-refractivity contribution in [2.75, 3.05) is 18.9 Å². The Morgan fingerprint density at radius 2 is 2.09 bits per heavy atom. The lowest BCUT2D eigenvalue weighted by Crippen LogP contribution is -2.23. The Morgan fingerprint density at radius 3 is 2.78 bits per heavy atom. The van der Waals surface area contributed by atoms with Crippen molar-refractivity contribution in [3.8, 4) is 0 Å². The third-order valence-electron chi connectivity index (χ3n) is 3.74. The normalized spacial score (nSPS) is 19.3. The summed E-state index contributed by atoms with van der Waals surface area (Å²) in [5, 5.41) is 3.94. The molecule has 2 heterocycles. The number of nitrogen functional groups attached to an aromatic ring is 1. The highest BCUT2D eigenvalue weighted by atomic mass is 16.5. The lowest BCUT2D eigenvalue weighted by Gasteiger charge is -2.05. The number of ether oxygens (including phenoxy) is 1. The van der Waals surface area contributed by atoms with Gasteiger partial charge in [-0.05, 0) is 12.5 Å². The van der Waals surface area contributed by atoms with E-state index in [-0.39, 0.29) is 29.9 Å². The number of nitrogens with two attached hydrogens (primary N) is 1. The molecule has 120 valence electrons. The average Bonchev–Trinajstić information content (AvgIpc) is 3.20. The van der Waals surface area contributed by atoms with Gasteiger partial charge in [-0.25, -0.2) is 4.79 Å². The quantitative estimate of drug-likeness (QED) is 0.658. The Kier molecular flexibility index (Phi) is 4.12. The van der Waals surface area contributed by atoms with Crippen LogP contribution in [0, 0.1) is 0 Å². The molecule has 2 atom stereocenters. The van der Waals surface area contributed by atoms with Crippen LogP contribution in [-0.4, -0.2) is 45.8 Å². The van der Waals surface area contributed by atoms with Gasteiger partial charge in [0.15, 0.2) is 0 Å². The van der Waals surface area contributed by atoms with E-state index in [1.165, 1.54) is 6.20 Å². The Hall–Kier alpha value is -2.67. The molecule has 2 unspecified atom stereocenters. The van der Waals surface area contributed by atoms with Gasteiger partial charge in [0.05, 0.1) is 12.8 Å². The number of rotatable bonds is 5. The van der Waals surface area contributed by atoms with Gasteiger partial charge in [0.2, 0.25) is 0 Å². The van der Waals surface area contributed by atoms with E-state index in [9.17, 15) is 9.59 Å². The van der Waals surface area contributed by atoms with E-state index in [1.807, 2.05) is 35.2 Å². The van der Waals surface area contributed by atoms with Crippen molar-refractivity contribution in [1.29, 1.82) is 0 Å². The largest absolute Gasteiger partial charge is 0.462 e. The van der Waals surface area contributed by atoms with E-state index in [0.29, 0.717) is 13.1 Å². The van der Waals surface area contributed by atoms with Crippen LogP contribution in [0.3, 0.4) is 0 Å². The average molecular weight is 314 g/mol. The molecular weight excluding hydrogens is 296 g/mol. The van der Waals surface area contributed by atoms with Gasteiger partial charge in [-0.3, -0.25) is 9.69 Å². The Morgan fingerprint density at radius 1 is 1.35 bits per heavy atom. The van der Waals surface area contributed by atoms with Crippen LogP contribution in [0.25, 0.3) is 0 Å². The molecule has 2 aromatic rings. The van der Waals surface area contributed by atoms with Gasteiger partial charge in [0.1, 0.15) is 17.4 Å². The first-order valence-corrected chi connectivity index (χ1v) is 7.44. The lowest BCUT2D eigenvalue weighted by molar-refractivity contribution is 0.0527. The standard InChI is InChI=1S/C16H18N4O3/c1-2-23-16(22)12-8-18-20(14(12)17)15(21)13-10-19(13)9-11-6-4-3-5-7-11/h3-8,13H,2,9-10,17H2,1H3. The minimum absolute atomic E-state index is 0.0278. The van der Waals surface area contributed by atoms with E-state index in [2.05, 4.69) is 5.10 Å². The second-order valence-electron chi connectivity index (χ2n) is 5.34. The molecule has 0 radical (unpaired) electrons. The number of carbonyl (C=O) groups excluding carboxylic acids is 2. The van der Waals surface area contributed by atoms with Crippen LogP contribution in [0.1, 0.15) is 27.6 Å². The zero-order chi connectivity index (χ0) is 16.4. The van der Waals surface area contributed by atoms with Crippen molar-refractivity contribution in [1.82, 2.24) is 14.7 Å². The van der Waals surface area contributed by atoms with Gasteiger partial charge in [0, 0.05) is 13.1 Å². The predicted molar refractivity (Wildman–Crippen MR) is 83.9 cm³/mol. The first-order valence-electron chi connectivity index (χ1n) is 7.44. The summed E-state index contributed by atoms with van der Waals surface area (Å²) in [4.78, 5) is 26.2. The number of hydrogen-bond acceptors (Lipinski definition) is 6. The molecule has 1 aliphatic heterocycles. The highest BCUT2D eigenvalue weighted by Crippen LogP contribution is 2.24. The van der Waals surface area contributed by atoms with Crippen LogP contribution in [0.4, 0.5) is 5.82 Å². The van der Waals surface area contributed by atoms with Crippen molar-refractivity contribution in [3.63, 3.8) is 0 Å². The van der Waals surface area contributed by atoms with Gasteiger partial charge in [0.25, 0.3) is 5.91 Å². The highest BCUT2D eigenvalue weighted by Gasteiger charge is 2.42. The van der Waals surface area contributed by atoms with E-state index < -0.39 is 5.97 Å². The first kappa shape index (κ1) is 15.2. The summed E-state index contributed by atoms with van der Waals surface area (Å²) in [7, 11) is 0. The molecule has 0 bridgehead atoms. The third kappa shape index (κ3) is 3.09. The summed E-state index contributed by atoms with van der Waals surface area (Å²) < 4.78 is 5.97. The molecule has 3 rings (SSSR count). The van der Waals surface area contributed by atoms with Crippen LogP contribution in [0.2, 0.25) is 0 Å². The zero-order valence-electron chi connectivity index (χ0n) is 12.8. The molecule has 7 heteroatoms.